The van der Waals surface area contributed by atoms with Crippen LogP contribution < -0.4 is 10.2 Å². The van der Waals surface area contributed by atoms with Crippen molar-refractivity contribution in [2.75, 3.05) is 24.5 Å². The molecule has 4 heteroatoms. The van der Waals surface area contributed by atoms with Crippen LogP contribution in [0.15, 0.2) is 18.3 Å². The van der Waals surface area contributed by atoms with E-state index in [0.717, 1.165) is 24.7 Å². The molecule has 20 heavy (non-hydrogen) atoms. The van der Waals surface area contributed by atoms with E-state index in [4.69, 9.17) is 0 Å². The average molecular weight is 275 g/mol. The Balaban J connectivity index is 1.94. The number of carbonyl (C=O) groups is 1. The van der Waals surface area contributed by atoms with Crippen LogP contribution in [0.1, 0.15) is 44.1 Å². The molecule has 1 amide bonds. The molecule has 2 rings (SSSR count). The Kier molecular flexibility index (Phi) is 4.99. The number of nitrogens with zero attached hydrogens (tertiary/aromatic N) is 2. The van der Waals surface area contributed by atoms with Crippen LogP contribution in [0, 0.1) is 11.8 Å². The van der Waals surface area contributed by atoms with E-state index in [1.54, 1.807) is 0 Å². The highest BCUT2D eigenvalue weighted by molar-refractivity contribution is 5.92. The third kappa shape index (κ3) is 3.95. The average Bonchev–Trinajstić information content (AvgIpc) is 2.46. The number of hydrogen-bond acceptors (Lipinski definition) is 3. The highest BCUT2D eigenvalue weighted by atomic mass is 16.1. The number of pyridine rings is 1. The van der Waals surface area contributed by atoms with Gasteiger partial charge in [-0.15, -0.1) is 0 Å². The minimum absolute atomic E-state index is 0.0856. The number of amides is 1. The Morgan fingerprint density at radius 2 is 2.10 bits per heavy atom. The molecule has 1 saturated heterocycles. The molecule has 1 fully saturated rings. The number of anilines is 1. The molecule has 0 radical (unpaired) electrons. The largest absolute Gasteiger partial charge is 0.370 e. The lowest BCUT2D eigenvalue weighted by molar-refractivity contribution is 0.0944. The van der Waals surface area contributed by atoms with Crippen molar-refractivity contribution >= 4 is 11.6 Å². The van der Waals surface area contributed by atoms with Gasteiger partial charge in [0.15, 0.2) is 0 Å². The van der Waals surface area contributed by atoms with Crippen LogP contribution in [-0.4, -0.2) is 30.5 Å². The van der Waals surface area contributed by atoms with E-state index >= 15 is 0 Å². The maximum atomic E-state index is 11.9. The summed E-state index contributed by atoms with van der Waals surface area (Å²) in [6.45, 7) is 9.32. The van der Waals surface area contributed by atoms with Crippen LogP contribution in [0.3, 0.4) is 0 Å². The van der Waals surface area contributed by atoms with Gasteiger partial charge in [0, 0.05) is 19.6 Å². The standard InChI is InChI=1S/C16H25N3O/c1-12(2)10-18-16(20)15-5-4-14(11-17-15)19-8-6-13(3)7-9-19/h4-5,11-13H,6-10H2,1-3H3,(H,18,20). The SMILES string of the molecule is CC(C)CNC(=O)c1ccc(N2CCC(C)CC2)cn1. The highest BCUT2D eigenvalue weighted by Gasteiger charge is 2.16. The summed E-state index contributed by atoms with van der Waals surface area (Å²) >= 11 is 0. The summed E-state index contributed by atoms with van der Waals surface area (Å²) in [6.07, 6.45) is 4.29. The lowest BCUT2D eigenvalue weighted by Gasteiger charge is -2.31. The molecule has 1 aromatic heterocycles. The fourth-order valence-electron chi connectivity index (χ4n) is 2.36. The first-order chi connectivity index (χ1) is 9.56. The van der Waals surface area contributed by atoms with E-state index in [9.17, 15) is 4.79 Å². The van der Waals surface area contributed by atoms with Gasteiger partial charge in [0.2, 0.25) is 0 Å². The molecule has 2 heterocycles. The molecule has 0 aromatic carbocycles. The van der Waals surface area contributed by atoms with Gasteiger partial charge in [-0.25, -0.2) is 4.98 Å². The monoisotopic (exact) mass is 275 g/mol. The fourth-order valence-corrected chi connectivity index (χ4v) is 2.36. The number of nitrogens with one attached hydrogen (secondary N) is 1. The van der Waals surface area contributed by atoms with Gasteiger partial charge in [0.1, 0.15) is 5.69 Å². The first kappa shape index (κ1) is 14.8. The zero-order valence-electron chi connectivity index (χ0n) is 12.7. The number of aromatic nitrogens is 1. The zero-order valence-corrected chi connectivity index (χ0v) is 12.7. The van der Waals surface area contributed by atoms with Crippen molar-refractivity contribution in [2.24, 2.45) is 11.8 Å². The molecule has 110 valence electrons. The van der Waals surface area contributed by atoms with Gasteiger partial charge in [0.25, 0.3) is 5.91 Å². The molecule has 0 unspecified atom stereocenters. The van der Waals surface area contributed by atoms with Gasteiger partial charge in [-0.05, 0) is 36.8 Å². The van der Waals surface area contributed by atoms with Crippen LogP contribution >= 0.6 is 0 Å². The van der Waals surface area contributed by atoms with Crippen molar-refractivity contribution in [3.05, 3.63) is 24.0 Å². The van der Waals surface area contributed by atoms with E-state index in [0.29, 0.717) is 18.2 Å². The summed E-state index contributed by atoms with van der Waals surface area (Å²) in [4.78, 5) is 18.5. The van der Waals surface area contributed by atoms with Crippen molar-refractivity contribution in [2.45, 2.75) is 33.6 Å². The van der Waals surface area contributed by atoms with Gasteiger partial charge in [-0.2, -0.15) is 0 Å². The number of piperidine rings is 1. The van der Waals surface area contributed by atoms with E-state index in [-0.39, 0.29) is 5.91 Å². The van der Waals surface area contributed by atoms with E-state index in [1.165, 1.54) is 12.8 Å². The van der Waals surface area contributed by atoms with Crippen LogP contribution in [0.4, 0.5) is 5.69 Å². The third-order valence-corrected chi connectivity index (χ3v) is 3.80. The van der Waals surface area contributed by atoms with Crippen molar-refractivity contribution in [1.29, 1.82) is 0 Å². The first-order valence-corrected chi connectivity index (χ1v) is 7.55. The number of hydrogen-bond donors (Lipinski definition) is 1. The van der Waals surface area contributed by atoms with Crippen molar-refractivity contribution < 1.29 is 4.79 Å². The normalized spacial score (nSPS) is 16.5. The Labute approximate surface area is 121 Å². The second-order valence-electron chi connectivity index (χ2n) is 6.18. The molecule has 0 atom stereocenters. The Bertz CT molecular complexity index is 434. The summed E-state index contributed by atoms with van der Waals surface area (Å²) < 4.78 is 0. The zero-order chi connectivity index (χ0) is 14.5. The van der Waals surface area contributed by atoms with Crippen molar-refractivity contribution in [3.8, 4) is 0 Å². The first-order valence-electron chi connectivity index (χ1n) is 7.55. The minimum atomic E-state index is -0.0856. The summed E-state index contributed by atoms with van der Waals surface area (Å²) in [6, 6.07) is 3.83. The quantitative estimate of drug-likeness (QED) is 0.919. The van der Waals surface area contributed by atoms with Crippen LogP contribution in [0.25, 0.3) is 0 Å². The third-order valence-electron chi connectivity index (χ3n) is 3.80. The highest BCUT2D eigenvalue weighted by Crippen LogP contribution is 2.22. The molecule has 1 N–H and O–H groups in total. The Morgan fingerprint density at radius 1 is 1.40 bits per heavy atom. The lowest BCUT2D eigenvalue weighted by atomic mass is 9.99. The second kappa shape index (κ2) is 6.73. The maximum absolute atomic E-state index is 11.9. The van der Waals surface area contributed by atoms with Gasteiger partial charge in [-0.3, -0.25) is 4.79 Å². The molecule has 0 saturated carbocycles. The predicted octanol–water partition coefficient (Wildman–Crippen LogP) is 2.70. The smallest absolute Gasteiger partial charge is 0.269 e. The summed E-state index contributed by atoms with van der Waals surface area (Å²) in [7, 11) is 0. The molecule has 0 spiro atoms. The Hall–Kier alpha value is -1.58. The molecular weight excluding hydrogens is 250 g/mol. The van der Waals surface area contributed by atoms with E-state index in [1.807, 2.05) is 18.3 Å². The van der Waals surface area contributed by atoms with E-state index in [2.05, 4.69) is 36.0 Å². The molecule has 0 bridgehead atoms. The molecule has 4 nitrogen and oxygen atoms in total. The van der Waals surface area contributed by atoms with Crippen LogP contribution in [0.2, 0.25) is 0 Å². The Morgan fingerprint density at radius 3 is 2.65 bits per heavy atom. The van der Waals surface area contributed by atoms with Gasteiger partial charge >= 0.3 is 0 Å². The fraction of sp³-hybridized carbons (Fsp3) is 0.625. The topological polar surface area (TPSA) is 45.2 Å². The lowest BCUT2D eigenvalue weighted by Crippen LogP contribution is -2.33. The summed E-state index contributed by atoms with van der Waals surface area (Å²) in [5.74, 6) is 1.19. The predicted molar refractivity (Wildman–Crippen MR) is 82.0 cm³/mol. The molecule has 0 aliphatic carbocycles. The number of rotatable bonds is 4. The molecule has 1 aliphatic heterocycles. The minimum Gasteiger partial charge on any atom is -0.370 e. The van der Waals surface area contributed by atoms with E-state index < -0.39 is 0 Å². The number of carbonyl (C=O) groups excluding carboxylic acids is 1. The van der Waals surface area contributed by atoms with Crippen molar-refractivity contribution in [1.82, 2.24) is 10.3 Å². The summed E-state index contributed by atoms with van der Waals surface area (Å²) in [5, 5.41) is 2.89. The maximum Gasteiger partial charge on any atom is 0.269 e. The molecule has 1 aromatic rings. The van der Waals surface area contributed by atoms with Crippen molar-refractivity contribution in [3.63, 3.8) is 0 Å². The summed E-state index contributed by atoms with van der Waals surface area (Å²) in [5.41, 5.74) is 1.62. The molecular formula is C16H25N3O. The van der Waals surface area contributed by atoms with Crippen LogP contribution in [0.5, 0.6) is 0 Å². The van der Waals surface area contributed by atoms with Crippen LogP contribution in [-0.2, 0) is 0 Å². The van der Waals surface area contributed by atoms with Gasteiger partial charge in [-0.1, -0.05) is 20.8 Å². The van der Waals surface area contributed by atoms with Gasteiger partial charge in [0.05, 0.1) is 11.9 Å². The molecule has 1 aliphatic rings. The second-order valence-corrected chi connectivity index (χ2v) is 6.18. The van der Waals surface area contributed by atoms with Gasteiger partial charge < -0.3 is 10.2 Å².